The number of carbonyl (C=O) groups is 2. The van der Waals surface area contributed by atoms with Gasteiger partial charge in [-0.1, -0.05) is 24.3 Å². The van der Waals surface area contributed by atoms with Crippen LogP contribution in [0.2, 0.25) is 0 Å². The first-order chi connectivity index (χ1) is 13.0. The molecule has 2 aromatic carbocycles. The van der Waals surface area contributed by atoms with Crippen LogP contribution in [0.4, 0.5) is 9.18 Å². The summed E-state index contributed by atoms with van der Waals surface area (Å²) < 4.78 is 24.6. The molecule has 0 bridgehead atoms. The standard InChI is InChI=1S/C20H18FNO4S/c1-3-26-17-10-13(8-9-16(17)25-2)11-18-19(23)22(20(24)27-18)12-14-6-4-5-7-15(14)21/h4-11H,3,12H2,1-2H3/b18-11-. The third-order valence-electron chi connectivity index (χ3n) is 3.95. The Morgan fingerprint density at radius 3 is 2.63 bits per heavy atom. The van der Waals surface area contributed by atoms with Crippen molar-refractivity contribution in [2.24, 2.45) is 0 Å². The van der Waals surface area contributed by atoms with Crippen LogP contribution in [0.3, 0.4) is 0 Å². The van der Waals surface area contributed by atoms with Gasteiger partial charge < -0.3 is 9.47 Å². The Bertz CT molecular complexity index is 913. The molecule has 0 N–H and O–H groups in total. The van der Waals surface area contributed by atoms with E-state index in [1.54, 1.807) is 49.6 Å². The molecule has 0 radical (unpaired) electrons. The summed E-state index contributed by atoms with van der Waals surface area (Å²) in [4.78, 5) is 26.2. The molecule has 0 spiro atoms. The smallest absolute Gasteiger partial charge is 0.293 e. The van der Waals surface area contributed by atoms with Crippen LogP contribution in [0.1, 0.15) is 18.1 Å². The van der Waals surface area contributed by atoms with E-state index in [0.29, 0.717) is 29.2 Å². The van der Waals surface area contributed by atoms with E-state index < -0.39 is 17.0 Å². The first-order valence-corrected chi connectivity index (χ1v) is 9.14. The quantitative estimate of drug-likeness (QED) is 0.685. The number of ether oxygens (including phenoxy) is 2. The second-order valence-electron chi connectivity index (χ2n) is 5.70. The molecule has 1 heterocycles. The molecule has 2 aromatic rings. The molecular weight excluding hydrogens is 369 g/mol. The molecule has 0 aliphatic carbocycles. The van der Waals surface area contributed by atoms with Crippen LogP contribution in [-0.4, -0.2) is 29.8 Å². The van der Waals surface area contributed by atoms with Gasteiger partial charge in [-0.3, -0.25) is 14.5 Å². The van der Waals surface area contributed by atoms with Crippen molar-refractivity contribution in [3.8, 4) is 11.5 Å². The highest BCUT2D eigenvalue weighted by atomic mass is 32.2. The van der Waals surface area contributed by atoms with E-state index in [-0.39, 0.29) is 11.4 Å². The normalized spacial score (nSPS) is 15.5. The SMILES string of the molecule is CCOc1cc(/C=C2\SC(=O)N(Cc3ccccc3F)C2=O)ccc1OC. The first-order valence-electron chi connectivity index (χ1n) is 8.33. The zero-order valence-corrected chi connectivity index (χ0v) is 15.7. The lowest BCUT2D eigenvalue weighted by atomic mass is 10.1. The van der Waals surface area contributed by atoms with Gasteiger partial charge in [-0.25, -0.2) is 4.39 Å². The van der Waals surface area contributed by atoms with Crippen LogP contribution < -0.4 is 9.47 Å². The van der Waals surface area contributed by atoms with E-state index in [4.69, 9.17) is 9.47 Å². The Morgan fingerprint density at radius 2 is 1.93 bits per heavy atom. The lowest BCUT2D eigenvalue weighted by Crippen LogP contribution is -2.27. The van der Waals surface area contributed by atoms with Gasteiger partial charge in [0.05, 0.1) is 25.2 Å². The van der Waals surface area contributed by atoms with Crippen LogP contribution >= 0.6 is 11.8 Å². The number of hydrogen-bond acceptors (Lipinski definition) is 5. The van der Waals surface area contributed by atoms with Gasteiger partial charge in [-0.05, 0) is 48.5 Å². The van der Waals surface area contributed by atoms with Crippen LogP contribution in [-0.2, 0) is 11.3 Å². The van der Waals surface area contributed by atoms with Crippen molar-refractivity contribution in [1.82, 2.24) is 4.90 Å². The second kappa shape index (κ2) is 8.26. The summed E-state index contributed by atoms with van der Waals surface area (Å²) >= 11 is 0.835. The number of imide groups is 1. The lowest BCUT2D eigenvalue weighted by Gasteiger charge is -2.13. The Balaban J connectivity index is 1.84. The average Bonchev–Trinajstić information content (AvgIpc) is 2.91. The molecule has 0 atom stereocenters. The molecule has 1 fully saturated rings. The Morgan fingerprint density at radius 1 is 1.15 bits per heavy atom. The minimum absolute atomic E-state index is 0.0957. The molecule has 7 heteroatoms. The highest BCUT2D eigenvalue weighted by Crippen LogP contribution is 2.35. The van der Waals surface area contributed by atoms with Crippen molar-refractivity contribution >= 4 is 29.0 Å². The fourth-order valence-electron chi connectivity index (χ4n) is 2.64. The first kappa shape index (κ1) is 19.0. The minimum Gasteiger partial charge on any atom is -0.493 e. The second-order valence-corrected chi connectivity index (χ2v) is 6.70. The number of rotatable bonds is 6. The predicted molar refractivity (Wildman–Crippen MR) is 102 cm³/mol. The zero-order chi connectivity index (χ0) is 19.4. The van der Waals surface area contributed by atoms with Gasteiger partial charge >= 0.3 is 0 Å². The Labute approximate surface area is 160 Å². The third kappa shape index (κ3) is 4.14. The molecule has 1 aliphatic rings. The average molecular weight is 387 g/mol. The summed E-state index contributed by atoms with van der Waals surface area (Å²) in [6.45, 7) is 2.24. The summed E-state index contributed by atoms with van der Waals surface area (Å²) in [5.74, 6) is 0.250. The molecular formula is C20H18FNO4S. The summed E-state index contributed by atoms with van der Waals surface area (Å²) in [5.41, 5.74) is 1.000. The molecule has 0 unspecified atom stereocenters. The predicted octanol–water partition coefficient (Wildman–Crippen LogP) is 4.47. The Hall–Kier alpha value is -2.80. The number of nitrogens with zero attached hydrogens (tertiary/aromatic N) is 1. The van der Waals surface area contributed by atoms with Gasteiger partial charge in [0.15, 0.2) is 11.5 Å². The highest BCUT2D eigenvalue weighted by molar-refractivity contribution is 8.18. The van der Waals surface area contributed by atoms with E-state index in [2.05, 4.69) is 0 Å². The number of halogens is 1. The summed E-state index contributed by atoms with van der Waals surface area (Å²) in [5, 5.41) is -0.423. The van der Waals surface area contributed by atoms with Crippen molar-refractivity contribution in [2.45, 2.75) is 13.5 Å². The topological polar surface area (TPSA) is 55.8 Å². The number of hydrogen-bond donors (Lipinski definition) is 0. The van der Waals surface area contributed by atoms with Gasteiger partial charge in [0.25, 0.3) is 11.1 Å². The molecule has 27 heavy (non-hydrogen) atoms. The molecule has 5 nitrogen and oxygen atoms in total. The highest BCUT2D eigenvalue weighted by Gasteiger charge is 2.35. The van der Waals surface area contributed by atoms with E-state index in [9.17, 15) is 14.0 Å². The molecule has 0 aromatic heterocycles. The summed E-state index contributed by atoms with van der Waals surface area (Å²) in [6, 6.07) is 11.3. The lowest BCUT2D eigenvalue weighted by molar-refractivity contribution is -0.123. The molecule has 2 amide bonds. The summed E-state index contributed by atoms with van der Waals surface area (Å²) in [6.07, 6.45) is 1.62. The minimum atomic E-state index is -0.447. The van der Waals surface area contributed by atoms with Crippen LogP contribution in [0, 0.1) is 5.82 Å². The number of amides is 2. The van der Waals surface area contributed by atoms with E-state index in [1.165, 1.54) is 6.07 Å². The largest absolute Gasteiger partial charge is 0.493 e. The zero-order valence-electron chi connectivity index (χ0n) is 14.9. The number of thioether (sulfide) groups is 1. The maximum atomic E-state index is 13.8. The number of benzene rings is 2. The number of methoxy groups -OCH3 is 1. The van der Waals surface area contributed by atoms with E-state index >= 15 is 0 Å². The molecule has 1 saturated heterocycles. The van der Waals surface area contributed by atoms with Crippen molar-refractivity contribution < 1.29 is 23.5 Å². The number of carbonyl (C=O) groups excluding carboxylic acids is 2. The van der Waals surface area contributed by atoms with E-state index in [1.807, 2.05) is 6.92 Å². The fourth-order valence-corrected chi connectivity index (χ4v) is 3.47. The van der Waals surface area contributed by atoms with Crippen molar-refractivity contribution in [2.75, 3.05) is 13.7 Å². The van der Waals surface area contributed by atoms with Crippen LogP contribution in [0.25, 0.3) is 6.08 Å². The van der Waals surface area contributed by atoms with Crippen molar-refractivity contribution in [3.63, 3.8) is 0 Å². The van der Waals surface area contributed by atoms with Gasteiger partial charge in [-0.15, -0.1) is 0 Å². The Kier molecular flexibility index (Phi) is 5.81. The van der Waals surface area contributed by atoms with Gasteiger partial charge in [0.1, 0.15) is 5.82 Å². The molecule has 3 rings (SSSR count). The fraction of sp³-hybridized carbons (Fsp3) is 0.200. The summed E-state index contributed by atoms with van der Waals surface area (Å²) in [7, 11) is 1.55. The van der Waals surface area contributed by atoms with Crippen LogP contribution in [0.15, 0.2) is 47.4 Å². The van der Waals surface area contributed by atoms with Gasteiger partial charge in [-0.2, -0.15) is 0 Å². The van der Waals surface area contributed by atoms with Gasteiger partial charge in [0, 0.05) is 5.56 Å². The van der Waals surface area contributed by atoms with Gasteiger partial charge in [0.2, 0.25) is 0 Å². The molecule has 140 valence electrons. The molecule has 1 aliphatic heterocycles. The van der Waals surface area contributed by atoms with E-state index in [0.717, 1.165) is 16.7 Å². The maximum absolute atomic E-state index is 13.8. The monoisotopic (exact) mass is 387 g/mol. The third-order valence-corrected chi connectivity index (χ3v) is 4.85. The van der Waals surface area contributed by atoms with Crippen molar-refractivity contribution in [3.05, 3.63) is 64.3 Å². The van der Waals surface area contributed by atoms with Crippen LogP contribution in [0.5, 0.6) is 11.5 Å². The van der Waals surface area contributed by atoms with Crippen molar-refractivity contribution in [1.29, 1.82) is 0 Å². The maximum Gasteiger partial charge on any atom is 0.293 e. The molecule has 0 saturated carbocycles.